The Hall–Kier alpha value is -1.65. The van der Waals surface area contributed by atoms with Crippen LogP contribution in [0.3, 0.4) is 0 Å². The molecule has 1 atom stereocenters. The minimum Gasteiger partial charge on any atom is -0.495 e. The van der Waals surface area contributed by atoms with Gasteiger partial charge in [0, 0.05) is 11.1 Å². The van der Waals surface area contributed by atoms with Crippen molar-refractivity contribution >= 4 is 11.6 Å². The largest absolute Gasteiger partial charge is 0.495 e. The third-order valence-electron chi connectivity index (χ3n) is 2.96. The summed E-state index contributed by atoms with van der Waals surface area (Å²) in [5.74, 6) is 1.88. The normalized spacial score (nSPS) is 12.3. The van der Waals surface area contributed by atoms with Gasteiger partial charge in [0.15, 0.2) is 0 Å². The van der Waals surface area contributed by atoms with E-state index in [1.165, 1.54) is 0 Å². The average Bonchev–Trinajstić information content (AvgIpc) is 2.84. The van der Waals surface area contributed by atoms with E-state index in [0.29, 0.717) is 16.5 Å². The molecule has 0 bridgehead atoms. The third kappa shape index (κ3) is 2.55. The van der Waals surface area contributed by atoms with Gasteiger partial charge in [0.1, 0.15) is 22.3 Å². The fraction of sp³-hybridized carbons (Fsp3) is 0.286. The molecule has 2 rings (SSSR count). The topological polar surface area (TPSA) is 57.6 Å². The van der Waals surface area contributed by atoms with Crippen LogP contribution in [-0.2, 0) is 0 Å². The van der Waals surface area contributed by atoms with Crippen LogP contribution in [0, 0.1) is 6.92 Å². The lowest BCUT2D eigenvalue weighted by atomic mass is 10.0. The minimum absolute atomic E-state index is 0.365. The van der Waals surface area contributed by atoms with Gasteiger partial charge in [-0.2, -0.15) is 0 Å². The number of rotatable bonds is 4. The van der Waals surface area contributed by atoms with Crippen molar-refractivity contribution in [2.45, 2.75) is 13.0 Å². The second-order valence-electron chi connectivity index (χ2n) is 4.17. The van der Waals surface area contributed by atoms with Crippen molar-refractivity contribution in [2.75, 3.05) is 14.2 Å². The lowest BCUT2D eigenvalue weighted by Crippen LogP contribution is -2.12. The molecule has 0 aliphatic carbocycles. The molecule has 102 valence electrons. The maximum absolute atomic E-state index is 6.23. The standard InChI is InChI=1S/C14H16ClNO3/c1-8-6-9(7-19-8)13(16)10-4-5-11(17-2)12(15)14(10)18-3/h4-7,13H,16H2,1-3H3. The Kier molecular flexibility index (Phi) is 4.02. The molecule has 5 heteroatoms. The predicted octanol–water partition coefficient (Wildman–Crippen LogP) is 3.31. The van der Waals surface area contributed by atoms with Gasteiger partial charge in [0.05, 0.1) is 26.5 Å². The molecule has 1 aromatic carbocycles. The molecule has 1 heterocycles. The molecule has 0 amide bonds. The van der Waals surface area contributed by atoms with Gasteiger partial charge < -0.3 is 19.6 Å². The molecule has 1 aromatic heterocycles. The van der Waals surface area contributed by atoms with Crippen LogP contribution < -0.4 is 15.2 Å². The first kappa shape index (κ1) is 13.8. The highest BCUT2D eigenvalue weighted by Crippen LogP contribution is 2.40. The summed E-state index contributed by atoms with van der Waals surface area (Å²) in [5.41, 5.74) is 7.89. The van der Waals surface area contributed by atoms with Gasteiger partial charge in [-0.25, -0.2) is 0 Å². The molecular formula is C14H16ClNO3. The zero-order valence-electron chi connectivity index (χ0n) is 11.1. The molecule has 0 aliphatic rings. The van der Waals surface area contributed by atoms with Crippen molar-refractivity contribution in [1.82, 2.24) is 0 Å². The maximum atomic E-state index is 6.23. The maximum Gasteiger partial charge on any atom is 0.146 e. The Balaban J connectivity index is 2.47. The van der Waals surface area contributed by atoms with Crippen LogP contribution in [0.2, 0.25) is 5.02 Å². The van der Waals surface area contributed by atoms with Crippen molar-refractivity contribution < 1.29 is 13.9 Å². The quantitative estimate of drug-likeness (QED) is 0.934. The van der Waals surface area contributed by atoms with E-state index >= 15 is 0 Å². The number of hydrogen-bond acceptors (Lipinski definition) is 4. The first-order valence-electron chi connectivity index (χ1n) is 5.79. The summed E-state index contributed by atoms with van der Waals surface area (Å²) in [4.78, 5) is 0. The number of ether oxygens (including phenoxy) is 2. The van der Waals surface area contributed by atoms with Crippen molar-refractivity contribution in [3.05, 3.63) is 46.4 Å². The van der Waals surface area contributed by atoms with Gasteiger partial charge in [-0.3, -0.25) is 0 Å². The Morgan fingerprint density at radius 1 is 1.26 bits per heavy atom. The van der Waals surface area contributed by atoms with Crippen molar-refractivity contribution in [1.29, 1.82) is 0 Å². The van der Waals surface area contributed by atoms with Crippen LogP contribution in [0.15, 0.2) is 28.9 Å². The summed E-state index contributed by atoms with van der Waals surface area (Å²) >= 11 is 6.22. The zero-order valence-corrected chi connectivity index (χ0v) is 11.8. The molecule has 0 saturated heterocycles. The number of aryl methyl sites for hydroxylation is 1. The van der Waals surface area contributed by atoms with Crippen LogP contribution in [0.4, 0.5) is 0 Å². The fourth-order valence-corrected chi connectivity index (χ4v) is 2.30. The van der Waals surface area contributed by atoms with Crippen molar-refractivity contribution in [2.24, 2.45) is 5.73 Å². The van der Waals surface area contributed by atoms with E-state index in [1.54, 1.807) is 26.5 Å². The molecule has 4 nitrogen and oxygen atoms in total. The lowest BCUT2D eigenvalue weighted by molar-refractivity contribution is 0.390. The molecule has 0 aliphatic heterocycles. The fourth-order valence-electron chi connectivity index (χ4n) is 1.97. The number of hydrogen-bond donors (Lipinski definition) is 1. The summed E-state index contributed by atoms with van der Waals surface area (Å²) in [7, 11) is 3.11. The van der Waals surface area contributed by atoms with E-state index in [1.807, 2.05) is 19.1 Å². The number of methoxy groups -OCH3 is 2. The number of nitrogens with two attached hydrogens (primary N) is 1. The van der Waals surface area contributed by atoms with Crippen molar-refractivity contribution in [3.63, 3.8) is 0 Å². The van der Waals surface area contributed by atoms with E-state index in [9.17, 15) is 0 Å². The van der Waals surface area contributed by atoms with Crippen LogP contribution in [0.1, 0.15) is 22.9 Å². The van der Waals surface area contributed by atoms with E-state index in [2.05, 4.69) is 0 Å². The van der Waals surface area contributed by atoms with Crippen LogP contribution in [0.25, 0.3) is 0 Å². The van der Waals surface area contributed by atoms with E-state index < -0.39 is 0 Å². The first-order valence-corrected chi connectivity index (χ1v) is 6.17. The second kappa shape index (κ2) is 5.55. The molecule has 0 saturated carbocycles. The molecule has 0 spiro atoms. The molecule has 2 aromatic rings. The van der Waals surface area contributed by atoms with Gasteiger partial charge in [-0.05, 0) is 25.1 Å². The molecule has 0 fully saturated rings. The highest BCUT2D eigenvalue weighted by molar-refractivity contribution is 6.33. The molecular weight excluding hydrogens is 266 g/mol. The number of benzene rings is 1. The zero-order chi connectivity index (χ0) is 14.0. The van der Waals surface area contributed by atoms with Crippen LogP contribution in [-0.4, -0.2) is 14.2 Å². The molecule has 1 unspecified atom stereocenters. The van der Waals surface area contributed by atoms with Gasteiger partial charge in [0.2, 0.25) is 0 Å². The van der Waals surface area contributed by atoms with Crippen molar-refractivity contribution in [3.8, 4) is 11.5 Å². The molecule has 2 N–H and O–H groups in total. The SMILES string of the molecule is COc1ccc(C(N)c2coc(C)c2)c(OC)c1Cl. The van der Waals surface area contributed by atoms with Gasteiger partial charge in [0.25, 0.3) is 0 Å². The summed E-state index contributed by atoms with van der Waals surface area (Å²) in [6, 6.07) is 5.14. The third-order valence-corrected chi connectivity index (χ3v) is 3.32. The Labute approximate surface area is 117 Å². The number of furan rings is 1. The smallest absolute Gasteiger partial charge is 0.146 e. The summed E-state index contributed by atoms with van der Waals surface area (Å²) in [6.07, 6.45) is 1.64. The average molecular weight is 282 g/mol. The van der Waals surface area contributed by atoms with Gasteiger partial charge in [-0.1, -0.05) is 11.6 Å². The Bertz CT molecular complexity index is 580. The van der Waals surface area contributed by atoms with Crippen LogP contribution in [0.5, 0.6) is 11.5 Å². The highest BCUT2D eigenvalue weighted by atomic mass is 35.5. The summed E-state index contributed by atoms with van der Waals surface area (Å²) in [6.45, 7) is 1.87. The summed E-state index contributed by atoms with van der Waals surface area (Å²) in [5, 5.41) is 0.415. The number of halogens is 1. The first-order chi connectivity index (χ1) is 9.08. The van der Waals surface area contributed by atoms with Gasteiger partial charge >= 0.3 is 0 Å². The molecule has 19 heavy (non-hydrogen) atoms. The Morgan fingerprint density at radius 3 is 2.53 bits per heavy atom. The van der Waals surface area contributed by atoms with E-state index in [-0.39, 0.29) is 6.04 Å². The van der Waals surface area contributed by atoms with Crippen LogP contribution >= 0.6 is 11.6 Å². The van der Waals surface area contributed by atoms with Gasteiger partial charge in [-0.15, -0.1) is 0 Å². The van der Waals surface area contributed by atoms with E-state index in [0.717, 1.165) is 16.9 Å². The minimum atomic E-state index is -0.365. The predicted molar refractivity (Wildman–Crippen MR) is 74.0 cm³/mol. The Morgan fingerprint density at radius 2 is 2.00 bits per heavy atom. The lowest BCUT2D eigenvalue weighted by Gasteiger charge is -2.17. The van der Waals surface area contributed by atoms with E-state index in [4.69, 9.17) is 31.2 Å². The molecule has 0 radical (unpaired) electrons. The second-order valence-corrected chi connectivity index (χ2v) is 4.55. The highest BCUT2D eigenvalue weighted by Gasteiger charge is 2.20. The monoisotopic (exact) mass is 281 g/mol. The summed E-state index contributed by atoms with van der Waals surface area (Å²) < 4.78 is 15.8.